The number of hydrogen-bond acceptors (Lipinski definition) is 4. The lowest BCUT2D eigenvalue weighted by Gasteiger charge is -2.18. The molecule has 1 aromatic rings. The van der Waals surface area contributed by atoms with E-state index in [-0.39, 0.29) is 5.96 Å². The predicted molar refractivity (Wildman–Crippen MR) is 65.5 cm³/mol. The first kappa shape index (κ1) is 11.3. The van der Waals surface area contributed by atoms with Crippen LogP contribution >= 0.6 is 0 Å². The molecule has 90 valence electrons. The van der Waals surface area contributed by atoms with E-state index < -0.39 is 0 Å². The van der Waals surface area contributed by atoms with Crippen molar-refractivity contribution in [2.45, 2.75) is 6.42 Å². The van der Waals surface area contributed by atoms with Gasteiger partial charge < -0.3 is 20.9 Å². The topological polar surface area (TPSA) is 95.2 Å². The fourth-order valence-electron chi connectivity index (χ4n) is 1.60. The van der Waals surface area contributed by atoms with E-state index in [9.17, 15) is 0 Å². The molecular weight excluding hydrogens is 220 g/mol. The number of nitrogens with zero attached hydrogens (tertiary/aromatic N) is 2. The molecule has 0 spiro atoms. The number of fused-ring (bicyclic) bond motifs is 1. The van der Waals surface area contributed by atoms with E-state index in [4.69, 9.17) is 20.9 Å². The maximum atomic E-state index is 5.51. The summed E-state index contributed by atoms with van der Waals surface area (Å²) < 4.78 is 10.7. The van der Waals surface area contributed by atoms with Crippen molar-refractivity contribution in [2.24, 2.45) is 21.7 Å². The Labute approximate surface area is 98.9 Å². The Hall–Kier alpha value is -2.24. The molecule has 1 aliphatic rings. The zero-order chi connectivity index (χ0) is 12.3. The highest BCUT2D eigenvalue weighted by molar-refractivity contribution is 6.04. The normalized spacial score (nSPS) is 15.9. The Morgan fingerprint density at radius 3 is 2.94 bits per heavy atom. The summed E-state index contributed by atoms with van der Waals surface area (Å²) in [5.41, 5.74) is 12.2. The summed E-state index contributed by atoms with van der Waals surface area (Å²) in [6.07, 6.45) is 0.664. The van der Waals surface area contributed by atoms with Gasteiger partial charge in [-0.3, -0.25) is 0 Å². The lowest BCUT2D eigenvalue weighted by molar-refractivity contribution is 0.319. The Morgan fingerprint density at radius 1 is 1.41 bits per heavy atom. The molecule has 0 amide bonds. The molecule has 0 unspecified atom stereocenters. The highest BCUT2D eigenvalue weighted by Gasteiger charge is 2.17. The Morgan fingerprint density at radius 2 is 2.24 bits per heavy atom. The Kier molecular flexibility index (Phi) is 3.13. The molecule has 1 aromatic carbocycles. The highest BCUT2D eigenvalue weighted by atomic mass is 16.5. The van der Waals surface area contributed by atoms with E-state index in [0.29, 0.717) is 13.0 Å². The first-order chi connectivity index (χ1) is 8.20. The predicted octanol–water partition coefficient (Wildman–Crippen LogP) is 0.455. The van der Waals surface area contributed by atoms with Crippen LogP contribution in [0.15, 0.2) is 28.4 Å². The van der Waals surface area contributed by atoms with Crippen LogP contribution in [0, 0.1) is 0 Å². The fourth-order valence-corrected chi connectivity index (χ4v) is 1.60. The summed E-state index contributed by atoms with van der Waals surface area (Å²) in [6.45, 7) is 0.568. The second-order valence-electron chi connectivity index (χ2n) is 3.53. The van der Waals surface area contributed by atoms with Crippen LogP contribution in [0.5, 0.6) is 11.5 Å². The number of benzene rings is 1. The first-order valence-corrected chi connectivity index (χ1v) is 5.17. The van der Waals surface area contributed by atoms with E-state index in [0.717, 1.165) is 22.8 Å². The van der Waals surface area contributed by atoms with Crippen molar-refractivity contribution in [1.82, 2.24) is 0 Å². The lowest BCUT2D eigenvalue weighted by Crippen LogP contribution is -2.22. The van der Waals surface area contributed by atoms with Crippen molar-refractivity contribution < 1.29 is 9.47 Å². The van der Waals surface area contributed by atoms with Gasteiger partial charge in [-0.2, -0.15) is 5.10 Å². The number of rotatable bonds is 2. The number of guanidine groups is 1. The third-order valence-electron chi connectivity index (χ3n) is 2.38. The average molecular weight is 234 g/mol. The van der Waals surface area contributed by atoms with Crippen molar-refractivity contribution in [2.75, 3.05) is 13.7 Å². The molecule has 0 fully saturated rings. The van der Waals surface area contributed by atoms with Crippen LogP contribution in [-0.2, 0) is 0 Å². The maximum Gasteiger partial charge on any atom is 0.211 e. The van der Waals surface area contributed by atoms with Gasteiger partial charge in [-0.25, -0.2) is 0 Å². The third-order valence-corrected chi connectivity index (χ3v) is 2.38. The minimum atomic E-state index is -0.0616. The van der Waals surface area contributed by atoms with Crippen LogP contribution < -0.4 is 20.9 Å². The summed E-state index contributed by atoms with van der Waals surface area (Å²) in [7, 11) is 1.61. The Bertz CT molecular complexity index is 478. The van der Waals surface area contributed by atoms with Gasteiger partial charge in [0.25, 0.3) is 0 Å². The van der Waals surface area contributed by atoms with Gasteiger partial charge in [-0.05, 0) is 18.2 Å². The molecule has 0 atom stereocenters. The van der Waals surface area contributed by atoms with Gasteiger partial charge in [0, 0.05) is 12.0 Å². The second kappa shape index (κ2) is 4.73. The van der Waals surface area contributed by atoms with Gasteiger partial charge in [0.15, 0.2) is 0 Å². The summed E-state index contributed by atoms with van der Waals surface area (Å²) >= 11 is 0. The molecular formula is C11H14N4O2. The quantitative estimate of drug-likeness (QED) is 0.441. The number of methoxy groups -OCH3 is 1. The molecule has 0 aliphatic carbocycles. The molecule has 0 bridgehead atoms. The van der Waals surface area contributed by atoms with E-state index in [1.54, 1.807) is 7.11 Å². The molecule has 0 aromatic heterocycles. The highest BCUT2D eigenvalue weighted by Crippen LogP contribution is 2.28. The molecule has 4 N–H and O–H groups in total. The minimum Gasteiger partial charge on any atom is -0.497 e. The standard InChI is InChI=1S/C11H14N4O2/c1-16-7-2-3-10-8(6-7)9(4-5-17-10)14-15-11(12)13/h2-3,6H,4-5H2,1H3,(H4,12,13,15)/b14-9-. The van der Waals surface area contributed by atoms with Gasteiger partial charge in [0.2, 0.25) is 5.96 Å². The number of hydrogen-bond donors (Lipinski definition) is 2. The van der Waals surface area contributed by atoms with Crippen LogP contribution in [0.2, 0.25) is 0 Å². The first-order valence-electron chi connectivity index (χ1n) is 5.17. The van der Waals surface area contributed by atoms with E-state index in [2.05, 4.69) is 10.2 Å². The van der Waals surface area contributed by atoms with E-state index in [1.165, 1.54) is 0 Å². The van der Waals surface area contributed by atoms with Gasteiger partial charge in [0.1, 0.15) is 11.5 Å². The fraction of sp³-hybridized carbons (Fsp3) is 0.273. The molecule has 0 saturated carbocycles. The number of nitrogens with two attached hydrogens (primary N) is 2. The van der Waals surface area contributed by atoms with Crippen LogP contribution in [0.3, 0.4) is 0 Å². The van der Waals surface area contributed by atoms with Crippen molar-refractivity contribution in [3.63, 3.8) is 0 Å². The smallest absolute Gasteiger partial charge is 0.211 e. The summed E-state index contributed by atoms with van der Waals surface area (Å²) in [5.74, 6) is 1.45. The molecule has 0 saturated heterocycles. The second-order valence-corrected chi connectivity index (χ2v) is 3.53. The van der Waals surface area contributed by atoms with Gasteiger partial charge in [-0.15, -0.1) is 5.10 Å². The molecule has 6 heteroatoms. The van der Waals surface area contributed by atoms with Crippen LogP contribution in [0.25, 0.3) is 0 Å². The van der Waals surface area contributed by atoms with Crippen LogP contribution in [0.1, 0.15) is 12.0 Å². The number of ether oxygens (including phenoxy) is 2. The average Bonchev–Trinajstić information content (AvgIpc) is 2.35. The summed E-state index contributed by atoms with van der Waals surface area (Å²) in [5, 5.41) is 7.68. The minimum absolute atomic E-state index is 0.0616. The summed E-state index contributed by atoms with van der Waals surface area (Å²) in [4.78, 5) is 0. The molecule has 17 heavy (non-hydrogen) atoms. The monoisotopic (exact) mass is 234 g/mol. The molecule has 2 rings (SSSR count). The molecule has 1 heterocycles. The molecule has 0 radical (unpaired) electrons. The maximum absolute atomic E-state index is 5.51. The zero-order valence-electron chi connectivity index (χ0n) is 9.51. The molecule has 1 aliphatic heterocycles. The van der Waals surface area contributed by atoms with Crippen molar-refractivity contribution in [3.8, 4) is 11.5 Å². The van der Waals surface area contributed by atoms with E-state index >= 15 is 0 Å². The SMILES string of the molecule is COc1ccc2c(c1)/C(=N\N=C(N)N)CCO2. The van der Waals surface area contributed by atoms with Gasteiger partial charge in [-0.1, -0.05) is 0 Å². The summed E-state index contributed by atoms with van der Waals surface area (Å²) in [6, 6.07) is 5.54. The van der Waals surface area contributed by atoms with Crippen LogP contribution in [-0.4, -0.2) is 25.4 Å². The van der Waals surface area contributed by atoms with E-state index in [1.807, 2.05) is 18.2 Å². The zero-order valence-corrected chi connectivity index (χ0v) is 9.51. The Balaban J connectivity index is 2.42. The van der Waals surface area contributed by atoms with Gasteiger partial charge >= 0.3 is 0 Å². The largest absolute Gasteiger partial charge is 0.497 e. The molecule has 6 nitrogen and oxygen atoms in total. The van der Waals surface area contributed by atoms with Crippen molar-refractivity contribution in [3.05, 3.63) is 23.8 Å². The van der Waals surface area contributed by atoms with Crippen LogP contribution in [0.4, 0.5) is 0 Å². The van der Waals surface area contributed by atoms with Crippen molar-refractivity contribution >= 4 is 11.7 Å². The lowest BCUT2D eigenvalue weighted by atomic mass is 10.0. The van der Waals surface area contributed by atoms with Gasteiger partial charge in [0.05, 0.1) is 19.4 Å². The van der Waals surface area contributed by atoms with Crippen molar-refractivity contribution in [1.29, 1.82) is 0 Å². The third kappa shape index (κ3) is 2.47.